The Hall–Kier alpha value is -4.25. The molecule has 41 heavy (non-hydrogen) atoms. The molecule has 0 saturated heterocycles. The van der Waals surface area contributed by atoms with Gasteiger partial charge in [-0.3, -0.25) is 24.0 Å². The number of nitrogens with zero attached hydrogens (tertiary/aromatic N) is 3. The van der Waals surface area contributed by atoms with Crippen molar-refractivity contribution in [2.45, 2.75) is 39.8 Å². The van der Waals surface area contributed by atoms with Crippen molar-refractivity contribution in [3.8, 4) is 0 Å². The van der Waals surface area contributed by atoms with Crippen LogP contribution in [0, 0.1) is 23.0 Å². The Morgan fingerprint density at radius 1 is 0.951 bits per heavy atom. The number of carbonyl (C=O) groups is 2. The van der Waals surface area contributed by atoms with Crippen LogP contribution >= 0.6 is 0 Å². The van der Waals surface area contributed by atoms with Crippen molar-refractivity contribution in [3.63, 3.8) is 0 Å². The summed E-state index contributed by atoms with van der Waals surface area (Å²) in [7, 11) is -4.05. The van der Waals surface area contributed by atoms with Gasteiger partial charge in [-0.2, -0.15) is 0 Å². The van der Waals surface area contributed by atoms with Gasteiger partial charge in [-0.1, -0.05) is 80.6 Å². The van der Waals surface area contributed by atoms with E-state index in [0.29, 0.717) is 12.1 Å². The van der Waals surface area contributed by atoms with Gasteiger partial charge in [0.2, 0.25) is 21.8 Å². The number of amides is 2. The molecule has 218 valence electrons. The highest BCUT2D eigenvalue weighted by Gasteiger charge is 2.33. The monoisotopic (exact) mass is 580 g/mol. The number of anilines is 1. The van der Waals surface area contributed by atoms with Gasteiger partial charge in [0.05, 0.1) is 16.9 Å². The highest BCUT2D eigenvalue weighted by molar-refractivity contribution is 7.92. The Kier molecular flexibility index (Phi) is 10.6. The van der Waals surface area contributed by atoms with Crippen LogP contribution in [0.25, 0.3) is 0 Å². The maximum atomic E-state index is 14.1. The lowest BCUT2D eigenvalue weighted by atomic mass is 10.0. The first kappa shape index (κ1) is 31.3. The molecule has 1 atom stereocenters. The quantitative estimate of drug-likeness (QED) is 0.240. The average molecular weight is 581 g/mol. The van der Waals surface area contributed by atoms with Crippen LogP contribution in [0.4, 0.5) is 11.4 Å². The molecule has 0 aliphatic carbocycles. The standard InChI is InChI=1S/C30H36N4O6S/c1-22(2)19-31-30(36)28(17-24-11-7-5-8-12-24)32(20-25-13-9-6-10-14-25)29(35)21-33(41(4,39)40)27-18-26(34(37)38)16-15-23(27)3/h5-16,18,22,28H,17,19-21H2,1-4H3,(H,31,36)/t28-/m0/s1. The number of sulfonamides is 1. The summed E-state index contributed by atoms with van der Waals surface area (Å²) in [5.74, 6) is -0.803. The molecule has 1 N–H and O–H groups in total. The molecule has 0 spiro atoms. The van der Waals surface area contributed by atoms with Gasteiger partial charge in [-0.05, 0) is 29.5 Å². The van der Waals surface area contributed by atoms with Crippen LogP contribution in [0.2, 0.25) is 0 Å². The largest absolute Gasteiger partial charge is 0.354 e. The molecule has 0 radical (unpaired) electrons. The molecular formula is C30H36N4O6S. The number of rotatable bonds is 13. The third-order valence-electron chi connectivity index (χ3n) is 6.50. The molecule has 0 aliphatic heterocycles. The number of aryl methyl sites for hydroxylation is 1. The van der Waals surface area contributed by atoms with Gasteiger partial charge < -0.3 is 10.2 Å². The summed E-state index contributed by atoms with van der Waals surface area (Å²) < 4.78 is 26.8. The van der Waals surface area contributed by atoms with Crippen LogP contribution in [-0.2, 0) is 32.6 Å². The summed E-state index contributed by atoms with van der Waals surface area (Å²) in [5, 5.41) is 14.4. The van der Waals surface area contributed by atoms with E-state index in [-0.39, 0.29) is 36.2 Å². The van der Waals surface area contributed by atoms with Crippen molar-refractivity contribution < 1.29 is 22.9 Å². The van der Waals surface area contributed by atoms with E-state index in [2.05, 4.69) is 5.32 Å². The number of nitro groups is 1. The minimum atomic E-state index is -4.05. The molecule has 0 unspecified atom stereocenters. The number of hydrogen-bond acceptors (Lipinski definition) is 6. The predicted octanol–water partition coefficient (Wildman–Crippen LogP) is 4.08. The molecule has 0 saturated carbocycles. The lowest BCUT2D eigenvalue weighted by molar-refractivity contribution is -0.384. The average Bonchev–Trinajstić information content (AvgIpc) is 2.93. The summed E-state index contributed by atoms with van der Waals surface area (Å²) in [6.45, 7) is 5.35. The zero-order valence-corrected chi connectivity index (χ0v) is 24.5. The second kappa shape index (κ2) is 13.9. The third-order valence-corrected chi connectivity index (χ3v) is 7.63. The number of non-ortho nitro benzene ring substituents is 1. The first-order chi connectivity index (χ1) is 19.4. The summed E-state index contributed by atoms with van der Waals surface area (Å²) >= 11 is 0. The fourth-order valence-electron chi connectivity index (χ4n) is 4.33. The van der Waals surface area contributed by atoms with E-state index in [1.54, 1.807) is 6.92 Å². The molecule has 11 heteroatoms. The second-order valence-corrected chi connectivity index (χ2v) is 12.3. The van der Waals surface area contributed by atoms with Crippen LogP contribution in [0.3, 0.4) is 0 Å². The van der Waals surface area contributed by atoms with Gasteiger partial charge in [0, 0.05) is 31.6 Å². The Morgan fingerprint density at radius 2 is 1.54 bits per heavy atom. The number of benzene rings is 3. The van der Waals surface area contributed by atoms with Gasteiger partial charge in [-0.15, -0.1) is 0 Å². The van der Waals surface area contributed by atoms with E-state index in [1.165, 1.54) is 17.0 Å². The minimum absolute atomic E-state index is 0.0265. The smallest absolute Gasteiger partial charge is 0.271 e. The summed E-state index contributed by atoms with van der Waals surface area (Å²) in [4.78, 5) is 39.9. The van der Waals surface area contributed by atoms with Crippen molar-refractivity contribution in [2.24, 2.45) is 5.92 Å². The van der Waals surface area contributed by atoms with Crippen LogP contribution < -0.4 is 9.62 Å². The Morgan fingerprint density at radius 3 is 2.07 bits per heavy atom. The van der Waals surface area contributed by atoms with Crippen LogP contribution in [0.5, 0.6) is 0 Å². The molecule has 0 fully saturated rings. The molecule has 3 aromatic rings. The Labute approximate surface area is 241 Å². The zero-order chi connectivity index (χ0) is 30.2. The molecule has 10 nitrogen and oxygen atoms in total. The highest BCUT2D eigenvalue weighted by Crippen LogP contribution is 2.28. The fourth-order valence-corrected chi connectivity index (χ4v) is 5.23. The molecule has 0 aromatic heterocycles. The van der Waals surface area contributed by atoms with E-state index >= 15 is 0 Å². The number of nitro benzene ring substituents is 1. The van der Waals surface area contributed by atoms with Gasteiger partial charge in [0.25, 0.3) is 5.69 Å². The maximum absolute atomic E-state index is 14.1. The molecule has 0 heterocycles. The van der Waals surface area contributed by atoms with Gasteiger partial charge >= 0.3 is 0 Å². The molecule has 0 bridgehead atoms. The van der Waals surface area contributed by atoms with E-state index in [1.807, 2.05) is 74.5 Å². The number of carbonyl (C=O) groups excluding carboxylic acids is 2. The zero-order valence-electron chi connectivity index (χ0n) is 23.7. The highest BCUT2D eigenvalue weighted by atomic mass is 32.2. The van der Waals surface area contributed by atoms with Crippen molar-refractivity contribution in [1.82, 2.24) is 10.2 Å². The summed E-state index contributed by atoms with van der Waals surface area (Å²) in [6, 6.07) is 21.3. The number of nitrogens with one attached hydrogen (secondary N) is 1. The van der Waals surface area contributed by atoms with E-state index in [9.17, 15) is 28.1 Å². The fraction of sp³-hybridized carbons (Fsp3) is 0.333. The predicted molar refractivity (Wildman–Crippen MR) is 159 cm³/mol. The van der Waals surface area contributed by atoms with Crippen LogP contribution in [0.1, 0.15) is 30.5 Å². The molecule has 2 amide bonds. The van der Waals surface area contributed by atoms with E-state index < -0.39 is 33.4 Å². The lowest BCUT2D eigenvalue weighted by Crippen LogP contribution is -2.53. The Balaban J connectivity index is 2.08. The minimum Gasteiger partial charge on any atom is -0.354 e. The van der Waals surface area contributed by atoms with E-state index in [4.69, 9.17) is 0 Å². The summed E-state index contributed by atoms with van der Waals surface area (Å²) in [5.41, 5.74) is 1.76. The van der Waals surface area contributed by atoms with Crippen molar-refractivity contribution in [3.05, 3.63) is 106 Å². The van der Waals surface area contributed by atoms with Gasteiger partial charge in [0.1, 0.15) is 12.6 Å². The maximum Gasteiger partial charge on any atom is 0.271 e. The van der Waals surface area contributed by atoms with Gasteiger partial charge in [-0.25, -0.2) is 8.42 Å². The van der Waals surface area contributed by atoms with Crippen molar-refractivity contribution >= 4 is 33.2 Å². The SMILES string of the molecule is Cc1ccc([N+](=O)[O-])cc1N(CC(=O)N(Cc1ccccc1)[C@@H](Cc1ccccc1)C(=O)NCC(C)C)S(C)(=O)=O. The first-order valence-electron chi connectivity index (χ1n) is 13.2. The van der Waals surface area contributed by atoms with Crippen LogP contribution in [0.15, 0.2) is 78.9 Å². The topological polar surface area (TPSA) is 130 Å². The lowest BCUT2D eigenvalue weighted by Gasteiger charge is -2.34. The number of hydrogen-bond donors (Lipinski definition) is 1. The van der Waals surface area contributed by atoms with E-state index in [0.717, 1.165) is 27.8 Å². The molecular weight excluding hydrogens is 544 g/mol. The third kappa shape index (κ3) is 8.87. The second-order valence-electron chi connectivity index (χ2n) is 10.3. The molecule has 3 aromatic carbocycles. The van der Waals surface area contributed by atoms with Crippen molar-refractivity contribution in [2.75, 3.05) is 23.7 Å². The first-order valence-corrected chi connectivity index (χ1v) is 15.1. The van der Waals surface area contributed by atoms with Crippen LogP contribution in [-0.4, -0.2) is 55.4 Å². The Bertz CT molecular complexity index is 1460. The van der Waals surface area contributed by atoms with Crippen molar-refractivity contribution in [1.29, 1.82) is 0 Å². The summed E-state index contributed by atoms with van der Waals surface area (Å²) in [6.07, 6.45) is 1.15. The molecule has 0 aliphatic rings. The molecule has 3 rings (SSSR count). The normalized spacial score (nSPS) is 12.0. The van der Waals surface area contributed by atoms with Gasteiger partial charge in [0.15, 0.2) is 0 Å².